The summed E-state index contributed by atoms with van der Waals surface area (Å²) in [6, 6.07) is 0. The van der Waals surface area contributed by atoms with Gasteiger partial charge in [-0.25, -0.2) is 0 Å². The lowest BCUT2D eigenvalue weighted by atomic mass is 10.0. The summed E-state index contributed by atoms with van der Waals surface area (Å²) in [6.45, 7) is 11.5. The Morgan fingerprint density at radius 2 is 1.70 bits per heavy atom. The van der Waals surface area contributed by atoms with E-state index in [1.807, 2.05) is 52.0 Å². The molecule has 1 aromatic heterocycles. The zero-order chi connectivity index (χ0) is 17.6. The molecule has 23 heavy (non-hydrogen) atoms. The topological polar surface area (TPSA) is 39.4 Å². The molecule has 1 rings (SSSR count). The molecule has 0 aliphatic carbocycles. The third-order valence-corrected chi connectivity index (χ3v) is 3.52. The van der Waals surface area contributed by atoms with Crippen molar-refractivity contribution in [3.63, 3.8) is 0 Å². The van der Waals surface area contributed by atoms with Gasteiger partial charge in [0, 0.05) is 5.56 Å². The van der Waals surface area contributed by atoms with Crippen molar-refractivity contribution in [3.05, 3.63) is 68.6 Å². The Labute approximate surface area is 138 Å². The molecule has 0 amide bonds. The highest BCUT2D eigenvalue weighted by atomic mass is 16.6. The Bertz CT molecular complexity index is 741. The maximum absolute atomic E-state index is 12.3. The van der Waals surface area contributed by atoms with Crippen LogP contribution in [0.1, 0.15) is 44.6 Å². The van der Waals surface area contributed by atoms with E-state index >= 15 is 0 Å². The second-order valence-corrected chi connectivity index (χ2v) is 5.65. The van der Waals surface area contributed by atoms with Crippen LogP contribution in [0.3, 0.4) is 0 Å². The number of hydrogen-bond donors (Lipinski definition) is 0. The van der Waals surface area contributed by atoms with Gasteiger partial charge in [0.25, 0.3) is 5.95 Å². The summed E-state index contributed by atoms with van der Waals surface area (Å²) in [5.41, 5.74) is 4.20. The van der Waals surface area contributed by atoms with Crippen LogP contribution in [0.4, 0.5) is 0 Å². The lowest BCUT2D eigenvalue weighted by molar-refractivity contribution is 0.288. The van der Waals surface area contributed by atoms with Crippen LogP contribution < -0.4 is 10.2 Å². The fourth-order valence-corrected chi connectivity index (χ4v) is 2.40. The van der Waals surface area contributed by atoms with Crippen molar-refractivity contribution in [2.24, 2.45) is 0 Å². The number of allylic oxidation sites excluding steroid dienone is 8. The Morgan fingerprint density at radius 3 is 2.26 bits per heavy atom. The molecular weight excluding hydrogens is 288 g/mol. The molecule has 0 radical (unpaired) electrons. The number of methoxy groups -OCH3 is 1. The van der Waals surface area contributed by atoms with E-state index in [9.17, 15) is 4.79 Å². The van der Waals surface area contributed by atoms with Gasteiger partial charge in [-0.05, 0) is 47.1 Å². The molecule has 0 atom stereocenters. The van der Waals surface area contributed by atoms with Gasteiger partial charge in [-0.3, -0.25) is 4.79 Å². The predicted molar refractivity (Wildman–Crippen MR) is 97.0 cm³/mol. The van der Waals surface area contributed by atoms with Crippen LogP contribution in [-0.4, -0.2) is 7.11 Å². The van der Waals surface area contributed by atoms with Crippen molar-refractivity contribution in [2.75, 3.05) is 7.11 Å². The van der Waals surface area contributed by atoms with Crippen LogP contribution >= 0.6 is 0 Å². The molecule has 1 aromatic rings. The normalized spacial score (nSPS) is 13.8. The van der Waals surface area contributed by atoms with Crippen molar-refractivity contribution in [1.29, 1.82) is 0 Å². The van der Waals surface area contributed by atoms with E-state index in [0.29, 0.717) is 16.9 Å². The molecule has 0 bridgehead atoms. The smallest absolute Gasteiger partial charge is 0.291 e. The maximum atomic E-state index is 12.3. The Kier molecular flexibility index (Phi) is 6.83. The van der Waals surface area contributed by atoms with E-state index in [0.717, 1.165) is 16.7 Å². The van der Waals surface area contributed by atoms with Crippen molar-refractivity contribution in [3.8, 4) is 5.95 Å². The van der Waals surface area contributed by atoms with Crippen LogP contribution in [0.2, 0.25) is 0 Å². The van der Waals surface area contributed by atoms with Gasteiger partial charge in [-0.15, -0.1) is 0 Å². The molecule has 0 aliphatic rings. The first-order chi connectivity index (χ1) is 10.8. The van der Waals surface area contributed by atoms with Gasteiger partial charge in [-0.1, -0.05) is 41.5 Å². The highest BCUT2D eigenvalue weighted by molar-refractivity contribution is 5.65. The van der Waals surface area contributed by atoms with Crippen molar-refractivity contribution in [1.82, 2.24) is 0 Å². The van der Waals surface area contributed by atoms with E-state index in [1.165, 1.54) is 7.11 Å². The first-order valence-corrected chi connectivity index (χ1v) is 7.66. The zero-order valence-corrected chi connectivity index (χ0v) is 15.1. The van der Waals surface area contributed by atoms with E-state index in [2.05, 4.69) is 6.08 Å². The van der Waals surface area contributed by atoms with Gasteiger partial charge in [0.1, 0.15) is 5.76 Å². The fraction of sp³-hybridized carbons (Fsp3) is 0.350. The molecule has 1 heterocycles. The van der Waals surface area contributed by atoms with Crippen LogP contribution in [0, 0.1) is 13.8 Å². The molecular formula is C20H26O3. The Balaban J connectivity index is 3.29. The summed E-state index contributed by atoms with van der Waals surface area (Å²) in [7, 11) is 1.50. The van der Waals surface area contributed by atoms with Gasteiger partial charge in [0.2, 0.25) is 0 Å². The third-order valence-electron chi connectivity index (χ3n) is 3.52. The number of rotatable bonds is 5. The lowest BCUT2D eigenvalue weighted by Gasteiger charge is -2.10. The minimum atomic E-state index is -0.0401. The first kappa shape index (κ1) is 18.8. The van der Waals surface area contributed by atoms with E-state index < -0.39 is 0 Å². The number of hydrogen-bond acceptors (Lipinski definition) is 3. The minimum Gasteiger partial charge on any atom is -0.468 e. The number of ether oxygens (including phenoxy) is 1. The summed E-state index contributed by atoms with van der Waals surface area (Å²) >= 11 is 0. The Hall–Kier alpha value is -2.29. The molecule has 0 N–H and O–H groups in total. The highest BCUT2D eigenvalue weighted by Gasteiger charge is 2.15. The van der Waals surface area contributed by atoms with E-state index in [-0.39, 0.29) is 11.4 Å². The van der Waals surface area contributed by atoms with Gasteiger partial charge in [0.05, 0.1) is 12.7 Å². The van der Waals surface area contributed by atoms with Gasteiger partial charge < -0.3 is 9.15 Å². The summed E-state index contributed by atoms with van der Waals surface area (Å²) < 4.78 is 10.9. The molecule has 0 unspecified atom stereocenters. The molecule has 0 saturated carbocycles. The van der Waals surface area contributed by atoms with Crippen molar-refractivity contribution < 1.29 is 9.15 Å². The molecule has 0 spiro atoms. The zero-order valence-electron chi connectivity index (χ0n) is 15.1. The van der Waals surface area contributed by atoms with Crippen molar-refractivity contribution >= 4 is 5.57 Å². The quantitative estimate of drug-likeness (QED) is 0.707. The summed E-state index contributed by atoms with van der Waals surface area (Å²) in [5.74, 6) is 0.842. The van der Waals surface area contributed by atoms with Gasteiger partial charge in [-0.2, -0.15) is 0 Å². The average molecular weight is 314 g/mol. The van der Waals surface area contributed by atoms with Crippen LogP contribution in [0.5, 0.6) is 5.95 Å². The molecule has 0 fully saturated rings. The second-order valence-electron chi connectivity index (χ2n) is 5.65. The van der Waals surface area contributed by atoms with Gasteiger partial charge in [0.15, 0.2) is 5.43 Å². The van der Waals surface area contributed by atoms with E-state index in [4.69, 9.17) is 9.15 Å². The monoisotopic (exact) mass is 314 g/mol. The maximum Gasteiger partial charge on any atom is 0.291 e. The third kappa shape index (κ3) is 4.85. The SMILES string of the molecule is C/C=C/C=C(C)/C=C(C)/C=C(\C)c1oc(OC)c(C)c(=O)c1C. The van der Waals surface area contributed by atoms with Gasteiger partial charge >= 0.3 is 0 Å². The minimum absolute atomic E-state index is 0.0401. The molecule has 0 aromatic carbocycles. The summed E-state index contributed by atoms with van der Waals surface area (Å²) in [6.07, 6.45) is 10.1. The first-order valence-electron chi connectivity index (χ1n) is 7.66. The molecule has 0 saturated heterocycles. The molecule has 3 nitrogen and oxygen atoms in total. The van der Waals surface area contributed by atoms with Crippen LogP contribution in [0.25, 0.3) is 5.57 Å². The standard InChI is InChI=1S/C20H26O3/c1-8-9-10-13(2)11-14(3)12-15(4)19-16(5)18(21)17(6)20(22-7)23-19/h8-12H,1-7H3/b9-8+,13-10+,14-11+,15-12+. The summed E-state index contributed by atoms with van der Waals surface area (Å²) in [4.78, 5) is 12.3. The molecule has 124 valence electrons. The fourth-order valence-electron chi connectivity index (χ4n) is 2.40. The van der Waals surface area contributed by atoms with Crippen LogP contribution in [-0.2, 0) is 0 Å². The highest BCUT2D eigenvalue weighted by Crippen LogP contribution is 2.25. The Morgan fingerprint density at radius 1 is 1.04 bits per heavy atom. The van der Waals surface area contributed by atoms with Crippen LogP contribution in [0.15, 0.2) is 50.7 Å². The predicted octanol–water partition coefficient (Wildman–Crippen LogP) is 5.14. The largest absolute Gasteiger partial charge is 0.468 e. The lowest BCUT2D eigenvalue weighted by Crippen LogP contribution is -2.12. The summed E-state index contributed by atoms with van der Waals surface area (Å²) in [5, 5.41) is 0. The molecule has 0 aliphatic heterocycles. The molecule has 3 heteroatoms. The van der Waals surface area contributed by atoms with Crippen molar-refractivity contribution in [2.45, 2.75) is 41.5 Å². The second kappa shape index (κ2) is 8.37. The van der Waals surface area contributed by atoms with E-state index in [1.54, 1.807) is 13.8 Å². The average Bonchev–Trinajstić information content (AvgIpc) is 2.50.